The summed E-state index contributed by atoms with van der Waals surface area (Å²) in [6, 6.07) is 10.6. The van der Waals surface area contributed by atoms with Gasteiger partial charge in [0.05, 0.1) is 0 Å². The zero-order valence-electron chi connectivity index (χ0n) is 12.4. The third-order valence-electron chi connectivity index (χ3n) is 3.29. The molecule has 0 atom stereocenters. The number of unbranched alkanes of at least 4 members (excludes halogenated alkanes) is 5. The van der Waals surface area contributed by atoms with Crippen molar-refractivity contribution in [2.75, 3.05) is 0 Å². The minimum absolute atomic E-state index is 0.0631. The molecule has 0 radical (unpaired) electrons. The lowest BCUT2D eigenvalue weighted by Gasteiger charge is -2.06. The summed E-state index contributed by atoms with van der Waals surface area (Å²) in [5.41, 5.74) is 11.5. The molecule has 0 aliphatic carbocycles. The topological polar surface area (TPSA) is 67.2 Å². The number of thiocarbonyl (C=S) groups is 1. The third-order valence-corrected chi connectivity index (χ3v) is 3.39. The number of nitrogens with one attached hydrogen (secondary N) is 2. The first-order valence-corrected chi connectivity index (χ1v) is 7.97. The van der Waals surface area contributed by atoms with Crippen LogP contribution in [0, 0.1) is 0 Å². The molecule has 0 unspecified atom stereocenters. The minimum atomic E-state index is -0.0631. The van der Waals surface area contributed by atoms with Gasteiger partial charge in [-0.25, -0.2) is 0 Å². The SMILES string of the molecule is NC(=S)NNC(=O)CCCCCCCCc1ccccc1. The lowest BCUT2D eigenvalue weighted by molar-refractivity contribution is -0.121. The maximum Gasteiger partial charge on any atom is 0.238 e. The number of hydrogen-bond donors (Lipinski definition) is 3. The van der Waals surface area contributed by atoms with Gasteiger partial charge in [0.25, 0.3) is 0 Å². The van der Waals surface area contributed by atoms with Gasteiger partial charge in [0.1, 0.15) is 0 Å². The Hall–Kier alpha value is -1.62. The van der Waals surface area contributed by atoms with Gasteiger partial charge in [0, 0.05) is 6.42 Å². The van der Waals surface area contributed by atoms with Crippen molar-refractivity contribution >= 4 is 23.2 Å². The summed E-state index contributed by atoms with van der Waals surface area (Å²) < 4.78 is 0. The molecule has 0 saturated carbocycles. The fourth-order valence-electron chi connectivity index (χ4n) is 2.16. The van der Waals surface area contributed by atoms with E-state index in [4.69, 9.17) is 5.73 Å². The zero-order valence-corrected chi connectivity index (χ0v) is 13.3. The van der Waals surface area contributed by atoms with Gasteiger partial charge in [-0.1, -0.05) is 56.0 Å². The lowest BCUT2D eigenvalue weighted by atomic mass is 10.0. The van der Waals surface area contributed by atoms with Crippen LogP contribution in [-0.2, 0) is 11.2 Å². The molecule has 0 fully saturated rings. The van der Waals surface area contributed by atoms with Crippen molar-refractivity contribution < 1.29 is 4.79 Å². The van der Waals surface area contributed by atoms with E-state index in [2.05, 4.69) is 53.4 Å². The second-order valence-electron chi connectivity index (χ2n) is 5.14. The third kappa shape index (κ3) is 9.85. The lowest BCUT2D eigenvalue weighted by Crippen LogP contribution is -2.44. The highest BCUT2D eigenvalue weighted by atomic mass is 32.1. The van der Waals surface area contributed by atoms with Crippen LogP contribution in [-0.4, -0.2) is 11.0 Å². The van der Waals surface area contributed by atoms with Crippen LogP contribution in [0.15, 0.2) is 30.3 Å². The fraction of sp³-hybridized carbons (Fsp3) is 0.500. The quantitative estimate of drug-likeness (QED) is 0.373. The molecule has 0 heterocycles. The van der Waals surface area contributed by atoms with Crippen LogP contribution in [0.5, 0.6) is 0 Å². The Morgan fingerprint density at radius 1 is 0.952 bits per heavy atom. The van der Waals surface area contributed by atoms with Gasteiger partial charge in [-0.05, 0) is 37.0 Å². The van der Waals surface area contributed by atoms with Gasteiger partial charge in [-0.15, -0.1) is 0 Å². The highest BCUT2D eigenvalue weighted by Crippen LogP contribution is 2.10. The second kappa shape index (κ2) is 11.1. The monoisotopic (exact) mass is 307 g/mol. The smallest absolute Gasteiger partial charge is 0.238 e. The molecule has 0 aromatic heterocycles. The number of rotatable bonds is 9. The van der Waals surface area contributed by atoms with Gasteiger partial charge < -0.3 is 5.73 Å². The zero-order chi connectivity index (χ0) is 15.3. The normalized spacial score (nSPS) is 10.1. The molecule has 5 heteroatoms. The van der Waals surface area contributed by atoms with Crippen molar-refractivity contribution in [3.8, 4) is 0 Å². The number of hydrogen-bond acceptors (Lipinski definition) is 2. The molecule has 21 heavy (non-hydrogen) atoms. The van der Waals surface area contributed by atoms with Crippen LogP contribution < -0.4 is 16.6 Å². The van der Waals surface area contributed by atoms with Gasteiger partial charge in [0.2, 0.25) is 5.91 Å². The Labute approximate surface area is 132 Å². The van der Waals surface area contributed by atoms with E-state index >= 15 is 0 Å². The summed E-state index contributed by atoms with van der Waals surface area (Å²) in [6.45, 7) is 0. The molecule has 1 aromatic rings. The molecule has 116 valence electrons. The van der Waals surface area contributed by atoms with Crippen LogP contribution in [0.25, 0.3) is 0 Å². The summed E-state index contributed by atoms with van der Waals surface area (Å²) in [5, 5.41) is 0.0850. The Morgan fingerprint density at radius 3 is 2.24 bits per heavy atom. The molecule has 4 nitrogen and oxygen atoms in total. The summed E-state index contributed by atoms with van der Waals surface area (Å²) in [6.07, 6.45) is 8.58. The Bertz CT molecular complexity index is 423. The number of aryl methyl sites for hydroxylation is 1. The van der Waals surface area contributed by atoms with E-state index in [0.29, 0.717) is 6.42 Å². The number of carbonyl (C=O) groups excluding carboxylic acids is 1. The van der Waals surface area contributed by atoms with E-state index in [0.717, 1.165) is 19.3 Å². The number of benzene rings is 1. The molecule has 1 aromatic carbocycles. The average Bonchev–Trinajstić information content (AvgIpc) is 2.49. The van der Waals surface area contributed by atoms with E-state index in [1.54, 1.807) is 0 Å². The first kappa shape index (κ1) is 17.4. The minimum Gasteiger partial charge on any atom is -0.375 e. The van der Waals surface area contributed by atoms with E-state index in [9.17, 15) is 4.79 Å². The second-order valence-corrected chi connectivity index (χ2v) is 5.58. The fourth-order valence-corrected chi connectivity index (χ4v) is 2.21. The molecule has 4 N–H and O–H groups in total. The van der Waals surface area contributed by atoms with E-state index in [1.165, 1.54) is 31.2 Å². The summed E-state index contributed by atoms with van der Waals surface area (Å²) >= 11 is 4.60. The van der Waals surface area contributed by atoms with Gasteiger partial charge in [0.15, 0.2) is 5.11 Å². The average molecular weight is 307 g/mol. The van der Waals surface area contributed by atoms with Crippen molar-refractivity contribution in [3.63, 3.8) is 0 Å². The van der Waals surface area contributed by atoms with Crippen molar-refractivity contribution in [1.82, 2.24) is 10.9 Å². The molecule has 0 aliphatic rings. The van der Waals surface area contributed by atoms with Crippen LogP contribution in [0.2, 0.25) is 0 Å². The predicted molar refractivity (Wildman–Crippen MR) is 90.5 cm³/mol. The molecular weight excluding hydrogens is 282 g/mol. The standard InChI is InChI=1S/C16H25N3OS/c17-16(21)19-18-15(20)13-9-4-2-1-3-6-10-14-11-7-5-8-12-14/h5,7-8,11-12H,1-4,6,9-10,13H2,(H,18,20)(H3,17,19,21). The predicted octanol–water partition coefficient (Wildman–Crippen LogP) is 2.82. The van der Waals surface area contributed by atoms with Crippen LogP contribution in [0.1, 0.15) is 50.5 Å². The first-order chi connectivity index (χ1) is 10.2. The van der Waals surface area contributed by atoms with Crippen LogP contribution in [0.3, 0.4) is 0 Å². The van der Waals surface area contributed by atoms with Crippen molar-refractivity contribution in [2.24, 2.45) is 5.73 Å². The number of carbonyl (C=O) groups is 1. The molecule has 0 spiro atoms. The number of amides is 1. The van der Waals surface area contributed by atoms with E-state index in [1.807, 2.05) is 0 Å². The van der Waals surface area contributed by atoms with E-state index in [-0.39, 0.29) is 11.0 Å². The Balaban J connectivity index is 1.88. The molecule has 1 rings (SSSR count). The molecule has 0 saturated heterocycles. The van der Waals surface area contributed by atoms with Crippen molar-refractivity contribution in [2.45, 2.75) is 51.4 Å². The number of nitrogens with two attached hydrogens (primary N) is 1. The summed E-state index contributed by atoms with van der Waals surface area (Å²) in [7, 11) is 0. The highest BCUT2D eigenvalue weighted by Gasteiger charge is 2.00. The van der Waals surface area contributed by atoms with Crippen LogP contribution >= 0.6 is 12.2 Å². The maximum atomic E-state index is 11.4. The molecule has 0 bridgehead atoms. The Kier molecular flexibility index (Phi) is 9.20. The van der Waals surface area contributed by atoms with Crippen LogP contribution in [0.4, 0.5) is 0 Å². The summed E-state index contributed by atoms with van der Waals surface area (Å²) in [5.74, 6) is -0.0631. The molecule has 0 aliphatic heterocycles. The van der Waals surface area contributed by atoms with Gasteiger partial charge in [-0.3, -0.25) is 15.6 Å². The van der Waals surface area contributed by atoms with Gasteiger partial charge in [-0.2, -0.15) is 0 Å². The van der Waals surface area contributed by atoms with Crippen molar-refractivity contribution in [3.05, 3.63) is 35.9 Å². The van der Waals surface area contributed by atoms with E-state index < -0.39 is 0 Å². The summed E-state index contributed by atoms with van der Waals surface area (Å²) in [4.78, 5) is 11.4. The molecular formula is C16H25N3OS. The van der Waals surface area contributed by atoms with Gasteiger partial charge >= 0.3 is 0 Å². The molecule has 1 amide bonds. The largest absolute Gasteiger partial charge is 0.375 e. The number of hydrazine groups is 1. The van der Waals surface area contributed by atoms with Crippen molar-refractivity contribution in [1.29, 1.82) is 0 Å². The maximum absolute atomic E-state index is 11.4. The highest BCUT2D eigenvalue weighted by molar-refractivity contribution is 7.80. The first-order valence-electron chi connectivity index (χ1n) is 7.56. The Morgan fingerprint density at radius 2 is 1.57 bits per heavy atom.